The fourth-order valence-corrected chi connectivity index (χ4v) is 3.13. The third kappa shape index (κ3) is 6.76. The standard InChI is InChI=1S/C12H20N4O3S2/c1-6-19-8(17)7(2)20-11-16-15-10(21-11)13-9(18)14-12(3,4)5/h7H,6H2,1-5H3,(H2,13,14,15,18)/t7-/m1/s1. The summed E-state index contributed by atoms with van der Waals surface area (Å²) >= 11 is 2.46. The smallest absolute Gasteiger partial charge is 0.321 e. The Morgan fingerprint density at radius 1 is 1.38 bits per heavy atom. The summed E-state index contributed by atoms with van der Waals surface area (Å²) in [6.45, 7) is 9.50. The maximum absolute atomic E-state index is 11.7. The summed E-state index contributed by atoms with van der Waals surface area (Å²) in [5.41, 5.74) is -0.329. The van der Waals surface area contributed by atoms with Crippen molar-refractivity contribution in [1.29, 1.82) is 0 Å². The predicted molar refractivity (Wildman–Crippen MR) is 83.8 cm³/mol. The molecule has 1 rings (SSSR count). The van der Waals surface area contributed by atoms with Gasteiger partial charge in [0.15, 0.2) is 4.34 Å². The first-order valence-electron chi connectivity index (χ1n) is 6.47. The zero-order valence-corrected chi connectivity index (χ0v) is 14.4. The molecule has 0 unspecified atom stereocenters. The van der Waals surface area contributed by atoms with Crippen LogP contribution in [0.3, 0.4) is 0 Å². The van der Waals surface area contributed by atoms with Crippen LogP contribution in [0.15, 0.2) is 4.34 Å². The van der Waals surface area contributed by atoms with E-state index in [1.54, 1.807) is 13.8 Å². The molecule has 1 atom stereocenters. The average Bonchev–Trinajstić information content (AvgIpc) is 2.73. The third-order valence-corrected chi connectivity index (χ3v) is 4.01. The quantitative estimate of drug-likeness (QED) is 0.489. The van der Waals surface area contributed by atoms with Crippen LogP contribution in [0.1, 0.15) is 34.6 Å². The Balaban J connectivity index is 2.53. The second-order valence-electron chi connectivity index (χ2n) is 5.21. The highest BCUT2D eigenvalue weighted by Crippen LogP contribution is 2.29. The fraction of sp³-hybridized carbons (Fsp3) is 0.667. The van der Waals surface area contributed by atoms with Gasteiger partial charge in [-0.15, -0.1) is 10.2 Å². The first kappa shape index (κ1) is 17.7. The number of nitrogens with zero attached hydrogens (tertiary/aromatic N) is 2. The first-order valence-corrected chi connectivity index (χ1v) is 8.17. The molecule has 21 heavy (non-hydrogen) atoms. The summed E-state index contributed by atoms with van der Waals surface area (Å²) in [6.07, 6.45) is 0. The Labute approximate surface area is 132 Å². The van der Waals surface area contributed by atoms with Crippen molar-refractivity contribution in [2.75, 3.05) is 11.9 Å². The number of nitrogens with one attached hydrogen (secondary N) is 2. The Kier molecular flexibility index (Phi) is 6.41. The molecule has 1 aromatic rings. The Bertz CT molecular complexity index is 499. The molecule has 118 valence electrons. The lowest BCUT2D eigenvalue weighted by Crippen LogP contribution is -2.43. The number of urea groups is 1. The summed E-state index contributed by atoms with van der Waals surface area (Å²) in [4.78, 5) is 23.2. The highest BCUT2D eigenvalue weighted by Gasteiger charge is 2.19. The van der Waals surface area contributed by atoms with Crippen LogP contribution in [0.4, 0.5) is 9.93 Å². The maximum Gasteiger partial charge on any atom is 0.321 e. The monoisotopic (exact) mass is 332 g/mol. The van der Waals surface area contributed by atoms with Crippen LogP contribution in [0.2, 0.25) is 0 Å². The zero-order chi connectivity index (χ0) is 16.0. The molecule has 0 fully saturated rings. The number of hydrogen-bond donors (Lipinski definition) is 2. The molecule has 9 heteroatoms. The molecule has 0 aliphatic rings. The molecule has 0 spiro atoms. The molecule has 0 aromatic carbocycles. The van der Waals surface area contributed by atoms with Gasteiger partial charge in [-0.1, -0.05) is 23.1 Å². The number of carbonyl (C=O) groups is 2. The molecule has 1 heterocycles. The van der Waals surface area contributed by atoms with Gasteiger partial charge in [-0.3, -0.25) is 10.1 Å². The molecule has 0 aliphatic carbocycles. The van der Waals surface area contributed by atoms with Crippen molar-refractivity contribution < 1.29 is 14.3 Å². The van der Waals surface area contributed by atoms with Crippen LogP contribution in [0, 0.1) is 0 Å². The second kappa shape index (κ2) is 7.60. The van der Waals surface area contributed by atoms with Crippen molar-refractivity contribution in [2.45, 2.75) is 49.7 Å². The van der Waals surface area contributed by atoms with E-state index in [2.05, 4.69) is 20.8 Å². The lowest BCUT2D eigenvalue weighted by molar-refractivity contribution is -0.142. The summed E-state index contributed by atoms with van der Waals surface area (Å²) in [5.74, 6) is -0.294. The predicted octanol–water partition coefficient (Wildman–Crippen LogP) is 2.50. The minimum absolute atomic E-state index is 0.294. The van der Waals surface area contributed by atoms with Gasteiger partial charge in [0, 0.05) is 5.54 Å². The molecule has 7 nitrogen and oxygen atoms in total. The SMILES string of the molecule is CCOC(=O)[C@@H](C)Sc1nnc(NC(=O)NC(C)(C)C)s1. The second-order valence-corrected chi connectivity index (χ2v) is 7.78. The van der Waals surface area contributed by atoms with Gasteiger partial charge in [0.25, 0.3) is 0 Å². The number of rotatable bonds is 5. The number of ether oxygens (including phenoxy) is 1. The van der Waals surface area contributed by atoms with Crippen molar-refractivity contribution in [3.05, 3.63) is 0 Å². The molecule has 2 amide bonds. The minimum atomic E-state index is -0.367. The van der Waals surface area contributed by atoms with E-state index in [0.717, 1.165) is 0 Å². The van der Waals surface area contributed by atoms with Gasteiger partial charge in [0.05, 0.1) is 6.61 Å². The highest BCUT2D eigenvalue weighted by atomic mass is 32.2. The van der Waals surface area contributed by atoms with Crippen LogP contribution in [-0.4, -0.2) is 39.6 Å². The summed E-state index contributed by atoms with van der Waals surface area (Å²) in [6, 6.07) is -0.339. The summed E-state index contributed by atoms with van der Waals surface area (Å²) < 4.78 is 5.52. The Morgan fingerprint density at radius 2 is 2.05 bits per heavy atom. The minimum Gasteiger partial charge on any atom is -0.465 e. The van der Waals surface area contributed by atoms with E-state index in [0.29, 0.717) is 16.1 Å². The molecule has 1 aromatic heterocycles. The van der Waals surface area contributed by atoms with Crippen molar-refractivity contribution in [3.63, 3.8) is 0 Å². The van der Waals surface area contributed by atoms with E-state index in [9.17, 15) is 9.59 Å². The zero-order valence-electron chi connectivity index (χ0n) is 12.7. The van der Waals surface area contributed by atoms with E-state index in [4.69, 9.17) is 4.74 Å². The molecule has 0 saturated heterocycles. The van der Waals surface area contributed by atoms with Gasteiger partial charge in [-0.25, -0.2) is 4.79 Å². The molecule has 0 saturated carbocycles. The van der Waals surface area contributed by atoms with E-state index in [1.165, 1.54) is 23.1 Å². The van der Waals surface area contributed by atoms with Crippen molar-refractivity contribution >= 4 is 40.2 Å². The number of aromatic nitrogens is 2. The Hall–Kier alpha value is -1.35. The molecular weight excluding hydrogens is 312 g/mol. The molecule has 0 radical (unpaired) electrons. The van der Waals surface area contributed by atoms with Crippen molar-refractivity contribution in [2.24, 2.45) is 0 Å². The summed E-state index contributed by atoms with van der Waals surface area (Å²) in [5, 5.41) is 13.2. The van der Waals surface area contributed by atoms with Gasteiger partial charge < -0.3 is 10.1 Å². The van der Waals surface area contributed by atoms with E-state index < -0.39 is 0 Å². The van der Waals surface area contributed by atoms with Gasteiger partial charge in [0.1, 0.15) is 5.25 Å². The van der Waals surface area contributed by atoms with Gasteiger partial charge in [0.2, 0.25) is 5.13 Å². The van der Waals surface area contributed by atoms with Crippen molar-refractivity contribution in [3.8, 4) is 0 Å². The van der Waals surface area contributed by atoms with E-state index in [-0.39, 0.29) is 22.8 Å². The van der Waals surface area contributed by atoms with Crippen LogP contribution in [0.25, 0.3) is 0 Å². The molecule has 0 bridgehead atoms. The number of thioether (sulfide) groups is 1. The highest BCUT2D eigenvalue weighted by molar-refractivity contribution is 8.02. The van der Waals surface area contributed by atoms with Crippen LogP contribution in [0.5, 0.6) is 0 Å². The lowest BCUT2D eigenvalue weighted by atomic mass is 10.1. The third-order valence-electron chi connectivity index (χ3n) is 2.01. The van der Waals surface area contributed by atoms with E-state index in [1.807, 2.05) is 20.8 Å². The Morgan fingerprint density at radius 3 is 2.62 bits per heavy atom. The lowest BCUT2D eigenvalue weighted by Gasteiger charge is -2.19. The average molecular weight is 332 g/mol. The van der Waals surface area contributed by atoms with Crippen LogP contribution >= 0.6 is 23.1 Å². The number of amides is 2. The number of hydrogen-bond acceptors (Lipinski definition) is 7. The molecular formula is C12H20N4O3S2. The number of esters is 1. The largest absolute Gasteiger partial charge is 0.465 e. The number of carbonyl (C=O) groups excluding carboxylic acids is 2. The topological polar surface area (TPSA) is 93.2 Å². The van der Waals surface area contributed by atoms with Gasteiger partial charge >= 0.3 is 12.0 Å². The molecule has 2 N–H and O–H groups in total. The van der Waals surface area contributed by atoms with Crippen LogP contribution < -0.4 is 10.6 Å². The maximum atomic E-state index is 11.7. The van der Waals surface area contributed by atoms with Gasteiger partial charge in [-0.05, 0) is 34.6 Å². The molecule has 0 aliphatic heterocycles. The normalized spacial score (nSPS) is 12.6. The number of anilines is 1. The van der Waals surface area contributed by atoms with Crippen molar-refractivity contribution in [1.82, 2.24) is 15.5 Å². The first-order chi connectivity index (χ1) is 9.71. The van der Waals surface area contributed by atoms with Crippen LogP contribution in [-0.2, 0) is 9.53 Å². The summed E-state index contributed by atoms with van der Waals surface area (Å²) in [7, 11) is 0. The van der Waals surface area contributed by atoms with Gasteiger partial charge in [-0.2, -0.15) is 0 Å². The van der Waals surface area contributed by atoms with E-state index >= 15 is 0 Å². The fourth-order valence-electron chi connectivity index (χ4n) is 1.24.